The van der Waals surface area contributed by atoms with Crippen LogP contribution in [0.5, 0.6) is 0 Å². The Kier molecular flexibility index (Phi) is 6.97. The van der Waals surface area contributed by atoms with Crippen molar-refractivity contribution < 1.29 is 12.6 Å². The molecule has 1 heterocycles. The van der Waals surface area contributed by atoms with Gasteiger partial charge >= 0.3 is 0 Å². The average molecular weight is 544 g/mol. The zero-order chi connectivity index (χ0) is 27.3. The lowest BCUT2D eigenvalue weighted by atomic mass is 9.51. The third-order valence-electron chi connectivity index (χ3n) is 9.63. The molecule has 7 rings (SSSR count). The van der Waals surface area contributed by atoms with Gasteiger partial charge in [-0.25, -0.2) is 0 Å². The number of benzene rings is 3. The molecule has 5 heteroatoms. The third kappa shape index (κ3) is 5.10. The Labute approximate surface area is 234 Å². The third-order valence-corrected chi connectivity index (χ3v) is 11.0. The van der Waals surface area contributed by atoms with Crippen molar-refractivity contribution in [3.8, 4) is 0 Å². The molecule has 2 bridgehead atoms. The Hall–Kier alpha value is -2.47. The van der Waals surface area contributed by atoms with E-state index in [2.05, 4.69) is 86.3 Å². The van der Waals surface area contributed by atoms with E-state index >= 15 is 0 Å². The van der Waals surface area contributed by atoms with Crippen LogP contribution < -0.4 is 0 Å². The minimum Gasteiger partial charge on any atom is -0.298 e. The van der Waals surface area contributed by atoms with Crippen molar-refractivity contribution in [2.45, 2.75) is 86.7 Å². The molecule has 206 valence electrons. The second kappa shape index (κ2) is 10.2. The smallest absolute Gasteiger partial charge is 0.297 e. The van der Waals surface area contributed by atoms with Gasteiger partial charge in [-0.3, -0.25) is 9.08 Å². The normalized spacial score (nSPS) is 29.5. The van der Waals surface area contributed by atoms with Crippen LogP contribution in [0.15, 0.2) is 89.8 Å². The lowest BCUT2D eigenvalue weighted by Crippen LogP contribution is -2.62. The van der Waals surface area contributed by atoms with E-state index in [1.807, 2.05) is 12.1 Å². The van der Waals surface area contributed by atoms with Gasteiger partial charge in [0.05, 0.1) is 11.0 Å². The highest BCUT2D eigenvalue weighted by Crippen LogP contribution is 2.61. The van der Waals surface area contributed by atoms with Crippen molar-refractivity contribution in [3.05, 3.63) is 102 Å². The molecule has 4 nitrogen and oxygen atoms in total. The number of rotatable bonds is 6. The predicted octanol–water partition coefficient (Wildman–Crippen LogP) is 7.27. The van der Waals surface area contributed by atoms with Crippen LogP contribution in [0, 0.1) is 5.92 Å². The first kappa shape index (κ1) is 26.7. The van der Waals surface area contributed by atoms with E-state index in [0.29, 0.717) is 0 Å². The van der Waals surface area contributed by atoms with Gasteiger partial charge in [0.25, 0.3) is 10.1 Å². The average Bonchev–Trinajstić information content (AvgIpc) is 3.50. The highest BCUT2D eigenvalue weighted by molar-refractivity contribution is 7.86. The summed E-state index contributed by atoms with van der Waals surface area (Å²) in [4.78, 5) is 2.93. The summed E-state index contributed by atoms with van der Waals surface area (Å²) < 4.78 is 34.0. The molecule has 0 unspecified atom stereocenters. The number of hydrogen-bond donors (Lipinski definition) is 0. The van der Waals surface area contributed by atoms with E-state index in [0.717, 1.165) is 37.9 Å². The van der Waals surface area contributed by atoms with E-state index < -0.39 is 10.1 Å². The largest absolute Gasteiger partial charge is 0.298 e. The van der Waals surface area contributed by atoms with Crippen molar-refractivity contribution in [2.75, 3.05) is 13.1 Å². The lowest BCUT2D eigenvalue weighted by molar-refractivity contribution is -0.0872. The molecule has 4 fully saturated rings. The molecule has 3 aliphatic carbocycles. The first-order chi connectivity index (χ1) is 18.7. The van der Waals surface area contributed by atoms with Crippen LogP contribution in [0.4, 0.5) is 0 Å². The summed E-state index contributed by atoms with van der Waals surface area (Å²) in [5.74, 6) is 0.564. The Morgan fingerprint density at radius 1 is 0.744 bits per heavy atom. The highest BCUT2D eigenvalue weighted by Gasteiger charge is 2.59. The van der Waals surface area contributed by atoms with Crippen molar-refractivity contribution in [3.63, 3.8) is 0 Å². The molecule has 0 aromatic heterocycles. The Morgan fingerprint density at radius 3 is 1.74 bits per heavy atom. The topological polar surface area (TPSA) is 46.6 Å². The molecule has 0 N–H and O–H groups in total. The number of hydrogen-bond acceptors (Lipinski definition) is 4. The summed E-state index contributed by atoms with van der Waals surface area (Å²) in [5.41, 5.74) is 3.60. The van der Waals surface area contributed by atoms with E-state index in [4.69, 9.17) is 4.18 Å². The Balaban J connectivity index is 1.42. The first-order valence-corrected chi connectivity index (χ1v) is 16.0. The molecule has 0 spiro atoms. The van der Waals surface area contributed by atoms with Crippen molar-refractivity contribution in [1.82, 2.24) is 4.90 Å². The van der Waals surface area contributed by atoms with Gasteiger partial charge in [-0.05, 0) is 91.3 Å². The maximum Gasteiger partial charge on any atom is 0.297 e. The van der Waals surface area contributed by atoms with Crippen LogP contribution in [0.2, 0.25) is 0 Å². The Morgan fingerprint density at radius 2 is 1.26 bits per heavy atom. The van der Waals surface area contributed by atoms with E-state index in [9.17, 15) is 8.42 Å². The Bertz CT molecular complexity index is 1320. The van der Waals surface area contributed by atoms with Crippen LogP contribution in [-0.4, -0.2) is 38.1 Å². The van der Waals surface area contributed by atoms with Crippen LogP contribution in [0.25, 0.3) is 0 Å². The number of likely N-dealkylation sites (tertiary alicyclic amines) is 1. The number of nitrogens with zero attached hydrogens (tertiary/aromatic N) is 1. The molecule has 4 aliphatic rings. The molecule has 3 aromatic rings. The van der Waals surface area contributed by atoms with Gasteiger partial charge in [-0.1, -0.05) is 93.6 Å². The molecule has 3 atom stereocenters. The summed E-state index contributed by atoms with van der Waals surface area (Å²) >= 11 is 0. The van der Waals surface area contributed by atoms with E-state index in [1.54, 1.807) is 12.1 Å². The van der Waals surface area contributed by atoms with Crippen molar-refractivity contribution in [2.24, 2.45) is 5.92 Å². The fourth-order valence-electron chi connectivity index (χ4n) is 7.75. The zero-order valence-electron chi connectivity index (χ0n) is 23.4. The SMILES string of the molecule is CC(C)(C)c1ccc(S(=O)(=O)O[C@@H]2CC3(N4CCCC4)C[C@@H](c4ccccc4)C2[C@H](c2ccccc2)C3)cc1. The van der Waals surface area contributed by atoms with Gasteiger partial charge in [-0.15, -0.1) is 0 Å². The highest BCUT2D eigenvalue weighted by atomic mass is 32.2. The van der Waals surface area contributed by atoms with E-state index in [-0.39, 0.29) is 39.7 Å². The van der Waals surface area contributed by atoms with E-state index in [1.165, 1.54) is 24.0 Å². The maximum atomic E-state index is 13.8. The molecule has 0 amide bonds. The van der Waals surface area contributed by atoms with Crippen molar-refractivity contribution in [1.29, 1.82) is 0 Å². The maximum absolute atomic E-state index is 13.8. The summed E-state index contributed by atoms with van der Waals surface area (Å²) in [6.45, 7) is 8.58. The summed E-state index contributed by atoms with van der Waals surface area (Å²) in [6, 6.07) is 28.8. The standard InChI is InChI=1S/C34H41NO3S/c1-33(2,3)27-16-18-28(19-17-27)39(36,37)38-31-24-34(35-20-10-11-21-35)22-29(25-12-6-4-7-13-25)32(31)30(23-34)26-14-8-5-9-15-26/h4-9,12-19,29-32H,10-11,20-24H2,1-3H3/t29-,30-,31+,32?,34?/m0/s1. The molecule has 1 saturated heterocycles. The van der Waals surface area contributed by atoms with Crippen LogP contribution in [0.3, 0.4) is 0 Å². The molecule has 3 saturated carbocycles. The monoisotopic (exact) mass is 543 g/mol. The van der Waals surface area contributed by atoms with Crippen LogP contribution >= 0.6 is 0 Å². The van der Waals surface area contributed by atoms with Gasteiger partial charge in [0.15, 0.2) is 0 Å². The van der Waals surface area contributed by atoms with Gasteiger partial charge in [0.2, 0.25) is 0 Å². The fourth-order valence-corrected chi connectivity index (χ4v) is 8.85. The van der Waals surface area contributed by atoms with Crippen molar-refractivity contribution >= 4 is 10.1 Å². The van der Waals surface area contributed by atoms with Gasteiger partial charge in [-0.2, -0.15) is 8.42 Å². The molecule has 1 aliphatic heterocycles. The second-order valence-electron chi connectivity index (χ2n) is 13.0. The second-order valence-corrected chi connectivity index (χ2v) is 14.6. The van der Waals surface area contributed by atoms with Gasteiger partial charge < -0.3 is 0 Å². The summed E-state index contributed by atoms with van der Waals surface area (Å²) in [5, 5.41) is 0. The molecular weight excluding hydrogens is 502 g/mol. The number of fused-ring (bicyclic) bond motifs is 3. The zero-order valence-corrected chi connectivity index (χ0v) is 24.2. The molecule has 3 aromatic carbocycles. The fraction of sp³-hybridized carbons (Fsp3) is 0.471. The van der Waals surface area contributed by atoms with Gasteiger partial charge in [0.1, 0.15) is 0 Å². The molecule has 0 radical (unpaired) electrons. The minimum absolute atomic E-state index is 0.0421. The van der Waals surface area contributed by atoms with Crippen LogP contribution in [-0.2, 0) is 19.7 Å². The predicted molar refractivity (Wildman–Crippen MR) is 156 cm³/mol. The quantitative estimate of drug-likeness (QED) is 0.307. The van der Waals surface area contributed by atoms with Crippen LogP contribution in [0.1, 0.15) is 81.4 Å². The lowest BCUT2D eigenvalue weighted by Gasteiger charge is -2.61. The molecule has 39 heavy (non-hydrogen) atoms. The first-order valence-electron chi connectivity index (χ1n) is 14.6. The summed E-state index contributed by atoms with van der Waals surface area (Å²) in [7, 11) is -3.92. The minimum atomic E-state index is -3.92. The van der Waals surface area contributed by atoms with Gasteiger partial charge in [0, 0.05) is 11.5 Å². The molecular formula is C34H41NO3S. The summed E-state index contributed by atoms with van der Waals surface area (Å²) in [6.07, 6.45) is 4.93.